The maximum atomic E-state index is 11.4. The average Bonchev–Trinajstić information content (AvgIpc) is 2.57. The molecule has 2 atom stereocenters. The molecule has 0 saturated heterocycles. The lowest BCUT2D eigenvalue weighted by molar-refractivity contribution is 0.154. The fourth-order valence-corrected chi connectivity index (χ4v) is 3.04. The van der Waals surface area contributed by atoms with Gasteiger partial charge in [-0.2, -0.15) is 0 Å². The van der Waals surface area contributed by atoms with E-state index in [4.69, 9.17) is 0 Å². The molecule has 2 rings (SSSR count). The van der Waals surface area contributed by atoms with Crippen LogP contribution < -0.4 is 5.32 Å². The van der Waals surface area contributed by atoms with Crippen molar-refractivity contribution >= 4 is 10.8 Å². The van der Waals surface area contributed by atoms with Crippen LogP contribution in [-0.4, -0.2) is 22.2 Å². The van der Waals surface area contributed by atoms with Crippen molar-refractivity contribution < 1.29 is 9.32 Å². The van der Waals surface area contributed by atoms with Gasteiger partial charge in [0.25, 0.3) is 0 Å². The molecule has 0 bridgehead atoms. The Bertz CT molecular complexity index is 607. The van der Waals surface area contributed by atoms with E-state index in [1.54, 1.807) is 6.26 Å². The third-order valence-electron chi connectivity index (χ3n) is 4.09. The molecular formula is C18H23NO2S. The van der Waals surface area contributed by atoms with Crippen molar-refractivity contribution in [3.05, 3.63) is 65.7 Å². The monoisotopic (exact) mass is 317 g/mol. The van der Waals surface area contributed by atoms with E-state index in [1.165, 1.54) is 0 Å². The van der Waals surface area contributed by atoms with Crippen LogP contribution in [0.15, 0.2) is 59.5 Å². The summed E-state index contributed by atoms with van der Waals surface area (Å²) < 4.78 is 11.4. The third kappa shape index (κ3) is 3.83. The molecule has 22 heavy (non-hydrogen) atoms. The highest BCUT2D eigenvalue weighted by Crippen LogP contribution is 2.25. The second-order valence-electron chi connectivity index (χ2n) is 5.41. The second-order valence-corrected chi connectivity index (χ2v) is 6.79. The Labute approximate surface area is 134 Å². The molecule has 0 heterocycles. The van der Waals surface area contributed by atoms with Gasteiger partial charge < -0.3 is 10.4 Å². The van der Waals surface area contributed by atoms with Crippen LogP contribution in [0.5, 0.6) is 0 Å². The van der Waals surface area contributed by atoms with Gasteiger partial charge in [0, 0.05) is 28.5 Å². The lowest BCUT2D eigenvalue weighted by Gasteiger charge is -2.33. The van der Waals surface area contributed by atoms with E-state index < -0.39 is 16.3 Å². The Balaban J connectivity index is 2.14. The number of hydrogen-bond donors (Lipinski definition) is 2. The Kier molecular flexibility index (Phi) is 5.89. The lowest BCUT2D eigenvalue weighted by Crippen LogP contribution is -2.44. The molecule has 0 fully saturated rings. The minimum absolute atomic E-state index is 0.0462. The van der Waals surface area contributed by atoms with Crippen molar-refractivity contribution in [2.45, 2.75) is 30.3 Å². The molecule has 118 valence electrons. The first-order valence-electron chi connectivity index (χ1n) is 7.45. The molecule has 4 heteroatoms. The standard InChI is InChI=1S/C18H23NO2S/c1-3-18(14-20,16-7-5-4-6-8-16)19-13-15-9-11-17(12-10-15)22(2)21/h4-12,19-20H,3,13-14H2,1-2H3. The Hall–Kier alpha value is -1.49. The van der Waals surface area contributed by atoms with Gasteiger partial charge in [-0.1, -0.05) is 49.4 Å². The van der Waals surface area contributed by atoms with Crippen LogP contribution >= 0.6 is 0 Å². The number of nitrogens with one attached hydrogen (secondary N) is 1. The lowest BCUT2D eigenvalue weighted by atomic mass is 9.87. The molecule has 0 radical (unpaired) electrons. The summed E-state index contributed by atoms with van der Waals surface area (Å²) >= 11 is 0. The van der Waals surface area contributed by atoms with E-state index in [1.807, 2.05) is 54.6 Å². The number of aliphatic hydroxyl groups excluding tert-OH is 1. The third-order valence-corrected chi connectivity index (χ3v) is 5.02. The number of hydrogen-bond acceptors (Lipinski definition) is 3. The Morgan fingerprint density at radius 1 is 1.09 bits per heavy atom. The summed E-state index contributed by atoms with van der Waals surface area (Å²) in [4.78, 5) is 0.829. The van der Waals surface area contributed by atoms with Crippen LogP contribution in [0.1, 0.15) is 24.5 Å². The molecule has 2 unspecified atom stereocenters. The predicted octanol–water partition coefficient (Wildman–Crippen LogP) is 2.81. The molecule has 0 amide bonds. The average molecular weight is 317 g/mol. The predicted molar refractivity (Wildman–Crippen MR) is 91.1 cm³/mol. The van der Waals surface area contributed by atoms with Crippen LogP contribution in [0.25, 0.3) is 0 Å². The summed E-state index contributed by atoms with van der Waals surface area (Å²) in [6.45, 7) is 2.77. The zero-order chi connectivity index (χ0) is 16.0. The van der Waals surface area contributed by atoms with E-state index in [0.29, 0.717) is 6.54 Å². The second kappa shape index (κ2) is 7.68. The quantitative estimate of drug-likeness (QED) is 0.825. The fourth-order valence-electron chi connectivity index (χ4n) is 2.52. The molecule has 0 spiro atoms. The summed E-state index contributed by atoms with van der Waals surface area (Å²) in [5.74, 6) is 0. The van der Waals surface area contributed by atoms with Crippen molar-refractivity contribution in [2.75, 3.05) is 12.9 Å². The summed E-state index contributed by atoms with van der Waals surface area (Å²) in [5, 5.41) is 13.4. The normalized spacial score (nSPS) is 15.2. The largest absolute Gasteiger partial charge is 0.394 e. The van der Waals surface area contributed by atoms with E-state index in [2.05, 4.69) is 12.2 Å². The molecule has 0 aliphatic carbocycles. The summed E-state index contributed by atoms with van der Waals surface area (Å²) in [7, 11) is -0.952. The molecular weight excluding hydrogens is 294 g/mol. The van der Waals surface area contributed by atoms with Crippen molar-refractivity contribution in [1.82, 2.24) is 5.32 Å². The van der Waals surface area contributed by atoms with E-state index in [-0.39, 0.29) is 6.61 Å². The van der Waals surface area contributed by atoms with E-state index in [9.17, 15) is 9.32 Å². The van der Waals surface area contributed by atoms with Gasteiger partial charge in [0.15, 0.2) is 0 Å². The highest BCUT2D eigenvalue weighted by Gasteiger charge is 2.28. The highest BCUT2D eigenvalue weighted by atomic mass is 32.2. The van der Waals surface area contributed by atoms with Crippen LogP contribution in [-0.2, 0) is 22.9 Å². The first kappa shape index (κ1) is 16.9. The van der Waals surface area contributed by atoms with Gasteiger partial charge in [-0.15, -0.1) is 0 Å². The van der Waals surface area contributed by atoms with Crippen molar-refractivity contribution in [1.29, 1.82) is 0 Å². The molecule has 2 aromatic carbocycles. The zero-order valence-corrected chi connectivity index (χ0v) is 13.9. The summed E-state index contributed by atoms with van der Waals surface area (Å²) in [5.41, 5.74) is 1.76. The van der Waals surface area contributed by atoms with Gasteiger partial charge in [-0.3, -0.25) is 4.21 Å². The molecule has 0 aliphatic heterocycles. The first-order valence-corrected chi connectivity index (χ1v) is 9.01. The van der Waals surface area contributed by atoms with Crippen molar-refractivity contribution in [3.8, 4) is 0 Å². The Morgan fingerprint density at radius 3 is 2.23 bits per heavy atom. The number of benzene rings is 2. The molecule has 3 nitrogen and oxygen atoms in total. The fraction of sp³-hybridized carbons (Fsp3) is 0.333. The summed E-state index contributed by atoms with van der Waals surface area (Å²) in [6, 6.07) is 17.8. The van der Waals surface area contributed by atoms with Gasteiger partial charge >= 0.3 is 0 Å². The van der Waals surface area contributed by atoms with Gasteiger partial charge in [0.05, 0.1) is 12.1 Å². The SMILES string of the molecule is CCC(CO)(NCc1ccc(S(C)=O)cc1)c1ccccc1. The minimum atomic E-state index is -0.952. The van der Waals surface area contributed by atoms with Crippen LogP contribution in [0, 0.1) is 0 Å². The molecule has 0 aliphatic rings. The first-order chi connectivity index (χ1) is 10.6. The van der Waals surface area contributed by atoms with Gasteiger partial charge in [0.1, 0.15) is 0 Å². The Morgan fingerprint density at radius 2 is 1.73 bits per heavy atom. The van der Waals surface area contributed by atoms with E-state index in [0.717, 1.165) is 22.4 Å². The topological polar surface area (TPSA) is 49.3 Å². The number of aliphatic hydroxyl groups is 1. The van der Waals surface area contributed by atoms with Crippen molar-refractivity contribution in [2.24, 2.45) is 0 Å². The van der Waals surface area contributed by atoms with Gasteiger partial charge in [-0.25, -0.2) is 0 Å². The highest BCUT2D eigenvalue weighted by molar-refractivity contribution is 7.84. The van der Waals surface area contributed by atoms with Crippen LogP contribution in [0.4, 0.5) is 0 Å². The summed E-state index contributed by atoms with van der Waals surface area (Å²) in [6.07, 6.45) is 2.47. The maximum absolute atomic E-state index is 11.4. The molecule has 2 aromatic rings. The maximum Gasteiger partial charge on any atom is 0.0669 e. The van der Waals surface area contributed by atoms with Crippen LogP contribution in [0.3, 0.4) is 0 Å². The molecule has 0 saturated carbocycles. The van der Waals surface area contributed by atoms with E-state index >= 15 is 0 Å². The van der Waals surface area contributed by atoms with Crippen molar-refractivity contribution in [3.63, 3.8) is 0 Å². The molecule has 2 N–H and O–H groups in total. The van der Waals surface area contributed by atoms with Crippen LogP contribution in [0.2, 0.25) is 0 Å². The minimum Gasteiger partial charge on any atom is -0.394 e. The molecule has 0 aromatic heterocycles. The smallest absolute Gasteiger partial charge is 0.0669 e. The zero-order valence-electron chi connectivity index (χ0n) is 13.1. The van der Waals surface area contributed by atoms with Gasteiger partial charge in [0.2, 0.25) is 0 Å². The van der Waals surface area contributed by atoms with Gasteiger partial charge in [-0.05, 0) is 29.7 Å². The number of rotatable bonds is 7.